The number of rotatable bonds is 10. The molecule has 1 aliphatic rings. The molecule has 1 unspecified atom stereocenters. The van der Waals surface area contributed by atoms with E-state index in [4.69, 9.17) is 10.5 Å². The van der Waals surface area contributed by atoms with Gasteiger partial charge in [0.05, 0.1) is 16.8 Å². The van der Waals surface area contributed by atoms with Crippen molar-refractivity contribution >= 4 is 38.5 Å². The van der Waals surface area contributed by atoms with Gasteiger partial charge >= 0.3 is 0 Å². The molecule has 196 valence electrons. The molecule has 0 saturated carbocycles. The van der Waals surface area contributed by atoms with Crippen molar-refractivity contribution in [1.29, 1.82) is 0 Å². The Kier molecular flexibility index (Phi) is 7.55. The van der Waals surface area contributed by atoms with Gasteiger partial charge in [-0.2, -0.15) is 0 Å². The Labute approximate surface area is 209 Å². The molecule has 2 aromatic heterocycles. The van der Waals surface area contributed by atoms with Gasteiger partial charge in [-0.25, -0.2) is 28.1 Å². The fourth-order valence-electron chi connectivity index (χ4n) is 3.84. The van der Waals surface area contributed by atoms with Crippen LogP contribution < -0.4 is 10.5 Å². The summed E-state index contributed by atoms with van der Waals surface area (Å²) in [5.41, 5.74) is 5.93. The van der Waals surface area contributed by atoms with Crippen molar-refractivity contribution < 1.29 is 33.1 Å². The molecular weight excluding hydrogens is 510 g/mol. The van der Waals surface area contributed by atoms with Gasteiger partial charge in [-0.05, 0) is 12.5 Å². The molecule has 0 amide bonds. The van der Waals surface area contributed by atoms with Crippen LogP contribution >= 0.6 is 0 Å². The minimum atomic E-state index is -3.98. The number of sulfonamides is 1. The number of aromatic nitrogens is 4. The molecule has 0 spiro atoms. The third kappa shape index (κ3) is 5.62. The fraction of sp³-hybridized carbons (Fsp3) is 0.333. The number of nitrogens with zero attached hydrogens (tertiary/aromatic N) is 5. The minimum Gasteiger partial charge on any atom is -0.387 e. The summed E-state index contributed by atoms with van der Waals surface area (Å²) in [6, 6.07) is 5.51. The Morgan fingerprint density at radius 3 is 2.76 bits per heavy atom. The van der Waals surface area contributed by atoms with Crippen LogP contribution in [0.4, 0.5) is 11.5 Å². The van der Waals surface area contributed by atoms with Gasteiger partial charge < -0.3 is 20.7 Å². The van der Waals surface area contributed by atoms with Gasteiger partial charge in [-0.1, -0.05) is 18.2 Å². The van der Waals surface area contributed by atoms with Crippen LogP contribution in [-0.4, -0.2) is 73.7 Å². The molecule has 1 aliphatic heterocycles. The summed E-state index contributed by atoms with van der Waals surface area (Å²) >= 11 is 0. The lowest BCUT2D eigenvalue weighted by Gasteiger charge is -2.16. The zero-order chi connectivity index (χ0) is 26.7. The van der Waals surface area contributed by atoms with Crippen LogP contribution in [0.3, 0.4) is 0 Å². The molecule has 1 aromatic carbocycles. The number of allylic oxidation sites excluding steroid dienone is 1. The normalized spacial score (nSPS) is 22.1. The summed E-state index contributed by atoms with van der Waals surface area (Å²) < 4.78 is 34.0. The third-order valence-corrected chi connectivity index (χ3v) is 6.82. The molecular formula is C21H23N7O8S. The van der Waals surface area contributed by atoms with Crippen molar-refractivity contribution in [2.24, 2.45) is 0 Å². The van der Waals surface area contributed by atoms with Crippen molar-refractivity contribution in [1.82, 2.24) is 24.2 Å². The highest BCUT2D eigenvalue weighted by Crippen LogP contribution is 2.31. The van der Waals surface area contributed by atoms with Gasteiger partial charge in [-0.3, -0.25) is 19.5 Å². The van der Waals surface area contributed by atoms with Crippen LogP contribution in [0, 0.1) is 10.1 Å². The number of carbonyl (C=O) groups is 1. The summed E-state index contributed by atoms with van der Waals surface area (Å²) in [6.45, 7) is -0.361. The molecule has 0 radical (unpaired) electrons. The Morgan fingerprint density at radius 1 is 1.24 bits per heavy atom. The predicted molar refractivity (Wildman–Crippen MR) is 128 cm³/mol. The molecule has 37 heavy (non-hydrogen) atoms. The third-order valence-electron chi connectivity index (χ3n) is 5.70. The Balaban J connectivity index is 1.33. The van der Waals surface area contributed by atoms with Crippen molar-refractivity contribution in [2.45, 2.75) is 37.4 Å². The van der Waals surface area contributed by atoms with E-state index in [1.165, 1.54) is 47.6 Å². The monoisotopic (exact) mass is 533 g/mol. The average Bonchev–Trinajstić information content (AvgIpc) is 3.42. The van der Waals surface area contributed by atoms with E-state index in [2.05, 4.69) is 19.7 Å². The number of imidazole rings is 1. The lowest BCUT2D eigenvalue weighted by Crippen LogP contribution is -2.39. The van der Waals surface area contributed by atoms with Crippen LogP contribution in [0.1, 0.15) is 29.4 Å². The first-order valence-corrected chi connectivity index (χ1v) is 12.5. The number of nitrogens with two attached hydrogens (primary N) is 1. The second-order valence-corrected chi connectivity index (χ2v) is 9.78. The first kappa shape index (κ1) is 26.2. The number of aliphatic hydroxyl groups is 2. The van der Waals surface area contributed by atoms with Gasteiger partial charge in [0.2, 0.25) is 10.0 Å². The fourth-order valence-corrected chi connectivity index (χ4v) is 4.73. The van der Waals surface area contributed by atoms with Crippen molar-refractivity contribution in [2.75, 3.05) is 12.3 Å². The van der Waals surface area contributed by atoms with E-state index in [1.54, 1.807) is 0 Å². The number of nitrogens with one attached hydrogen (secondary N) is 1. The Morgan fingerprint density at radius 2 is 2.00 bits per heavy atom. The quantitative estimate of drug-likeness (QED) is 0.154. The van der Waals surface area contributed by atoms with E-state index in [0.717, 1.165) is 5.41 Å². The molecule has 0 bridgehead atoms. The number of Topliss-reactive ketones (excluding diaryl/α,β-unsaturated/α-hetero) is 1. The number of hydrogen-bond acceptors (Lipinski definition) is 12. The van der Waals surface area contributed by atoms with Gasteiger partial charge in [0.1, 0.15) is 30.2 Å². The summed E-state index contributed by atoms with van der Waals surface area (Å²) in [5, 5.41) is 32.8. The number of nitrogen functional groups attached to an aromatic ring is 1. The number of carbonyl (C=O) groups excluding carboxylic acids is 1. The van der Waals surface area contributed by atoms with E-state index in [9.17, 15) is 33.5 Å². The first-order chi connectivity index (χ1) is 17.6. The zero-order valence-corrected chi connectivity index (χ0v) is 19.9. The maximum atomic E-state index is 12.3. The average molecular weight is 534 g/mol. The summed E-state index contributed by atoms with van der Waals surface area (Å²) in [7, 11) is -3.98. The number of para-hydroxylation sites is 1. The number of ketones is 1. The van der Waals surface area contributed by atoms with E-state index < -0.39 is 45.3 Å². The number of ether oxygens (including phenoxy) is 1. The predicted octanol–water partition coefficient (Wildman–Crippen LogP) is 0.0321. The van der Waals surface area contributed by atoms with Crippen LogP contribution in [0.5, 0.6) is 0 Å². The van der Waals surface area contributed by atoms with Crippen LogP contribution in [0.2, 0.25) is 0 Å². The van der Waals surface area contributed by atoms with Gasteiger partial charge in [0.15, 0.2) is 23.5 Å². The van der Waals surface area contributed by atoms with Crippen LogP contribution in [0.25, 0.3) is 11.2 Å². The highest BCUT2D eigenvalue weighted by Gasteiger charge is 2.44. The number of fused-ring (bicyclic) bond motifs is 1. The van der Waals surface area contributed by atoms with Crippen LogP contribution in [-0.2, 0) is 14.8 Å². The number of benzene rings is 1. The standard InChI is InChI=1S/C21H23N7O8S/c22-19-16-20(24-10-23-19)27(11-25-16)21-18(31)17(30)15(36-21)9-26-37(34,35)8-4-3-7-14(29)12-5-1-2-6-13(12)28(32)33/h1-2,4-6,8,10-11,15,17-18,21,26,30-31H,3,7,9H2,(H2,22,23,24)/b8-4+/t15-,17-,18-,21?/m1/s1. The second kappa shape index (κ2) is 10.7. The zero-order valence-electron chi connectivity index (χ0n) is 19.1. The largest absolute Gasteiger partial charge is 0.387 e. The first-order valence-electron chi connectivity index (χ1n) is 11.0. The van der Waals surface area contributed by atoms with E-state index in [-0.39, 0.29) is 47.6 Å². The lowest BCUT2D eigenvalue weighted by atomic mass is 10.0. The molecule has 4 atom stereocenters. The number of anilines is 1. The number of hydrogen-bond donors (Lipinski definition) is 4. The smallest absolute Gasteiger partial charge is 0.280 e. The molecule has 3 aromatic rings. The topological polar surface area (TPSA) is 226 Å². The number of nitro groups is 1. The Bertz CT molecular complexity index is 1460. The molecule has 16 heteroatoms. The van der Waals surface area contributed by atoms with Crippen molar-refractivity contribution in [3.8, 4) is 0 Å². The van der Waals surface area contributed by atoms with Gasteiger partial charge in [0.25, 0.3) is 5.69 Å². The van der Waals surface area contributed by atoms with Crippen molar-refractivity contribution in [3.63, 3.8) is 0 Å². The molecule has 3 heterocycles. The summed E-state index contributed by atoms with van der Waals surface area (Å²) in [6.07, 6.45) is -1.39. The van der Waals surface area contributed by atoms with Crippen molar-refractivity contribution in [3.05, 3.63) is 64.1 Å². The molecule has 4 rings (SSSR count). The van der Waals surface area contributed by atoms with E-state index >= 15 is 0 Å². The maximum Gasteiger partial charge on any atom is 0.280 e. The lowest BCUT2D eigenvalue weighted by molar-refractivity contribution is -0.385. The molecule has 1 saturated heterocycles. The molecule has 15 nitrogen and oxygen atoms in total. The van der Waals surface area contributed by atoms with E-state index in [1.807, 2.05) is 0 Å². The van der Waals surface area contributed by atoms with E-state index in [0.29, 0.717) is 0 Å². The number of aliphatic hydroxyl groups excluding tert-OH is 2. The molecule has 5 N–H and O–H groups in total. The molecule has 1 fully saturated rings. The SMILES string of the molecule is Nc1ncnc2c1ncn2C1O[C@H](CNS(=O)(=O)/C=C/CCC(=O)c2ccccc2[N+](=O)[O-])[C@@H](O)[C@H]1O. The maximum absolute atomic E-state index is 12.3. The van der Waals surface area contributed by atoms with Crippen LogP contribution in [0.15, 0.2) is 48.4 Å². The Hall–Kier alpha value is -3.83. The highest BCUT2D eigenvalue weighted by molar-refractivity contribution is 7.92. The summed E-state index contributed by atoms with van der Waals surface area (Å²) in [5.74, 6) is -0.375. The van der Waals surface area contributed by atoms with Gasteiger partial charge in [-0.15, -0.1) is 0 Å². The molecule has 0 aliphatic carbocycles. The highest BCUT2D eigenvalue weighted by atomic mass is 32.2. The minimum absolute atomic E-state index is 0.0217. The number of nitro benzene ring substituents is 1. The second-order valence-electron chi connectivity index (χ2n) is 8.13. The summed E-state index contributed by atoms with van der Waals surface area (Å²) in [4.78, 5) is 34.7. The van der Waals surface area contributed by atoms with Gasteiger partial charge in [0, 0.05) is 24.4 Å².